The van der Waals surface area contributed by atoms with Crippen LogP contribution in [0.15, 0.2) is 12.2 Å². The van der Waals surface area contributed by atoms with Gasteiger partial charge in [-0.15, -0.1) is 0 Å². The van der Waals surface area contributed by atoms with Crippen molar-refractivity contribution in [3.05, 3.63) is 12.2 Å². The Kier molecular flexibility index (Phi) is 30.9. The lowest BCUT2D eigenvalue weighted by atomic mass is 9.83. The van der Waals surface area contributed by atoms with Gasteiger partial charge in [-0.2, -0.15) is 0 Å². The third kappa shape index (κ3) is 21.8. The number of ether oxygens (including phenoxy) is 1. The zero-order valence-corrected chi connectivity index (χ0v) is 60.7. The van der Waals surface area contributed by atoms with Gasteiger partial charge in [-0.1, -0.05) is 109 Å². The van der Waals surface area contributed by atoms with E-state index in [1.165, 1.54) is 91.6 Å². The second kappa shape index (κ2) is 35.0. The molecule has 530 valence electrons. The van der Waals surface area contributed by atoms with Crippen molar-refractivity contribution >= 4 is 81.1 Å². The average Bonchev–Trinajstić information content (AvgIpc) is 0.759. The van der Waals surface area contributed by atoms with Crippen LogP contribution in [0.2, 0.25) is 0 Å². The van der Waals surface area contributed by atoms with Crippen molar-refractivity contribution in [3.63, 3.8) is 0 Å². The van der Waals surface area contributed by atoms with Crippen LogP contribution in [0.5, 0.6) is 0 Å². The standard InChI is InChI=1S/C64H112N12O16S/c1-26-28-29-39(13)50-49-54(79)67-43(27-2)58(83)70(19)42(16)57(82)75(24)51(64(17,18)33-91-63(88)69-93(25,89)90)55(80)68-47(37(9)10)61(86)71(20)44(30-34(3)4)53(78)65-40(14)52(77)66-41(15)56(81)72(21)45(31-35(5)6)59(84)73(22)46(32-36(7)8)60(85)74(23)48(38(11)12)62(87)76(49)92-50/h26,28,34-51H,27,29-33H2,1-25H3,(H,65,78)(H,66,77)(H,67,79)(H,68,80)(H,69,88)/b28-26+/t39-,40+,41-,42-,43+,44+,45-,46+,47+,48+,49+,50?,51-/m1/s1. The fourth-order valence-electron chi connectivity index (χ4n) is 11.6. The summed E-state index contributed by atoms with van der Waals surface area (Å²) in [5.41, 5.74) is -1.61. The molecule has 0 spiro atoms. The molecule has 0 aromatic carbocycles. The van der Waals surface area contributed by atoms with E-state index in [1.54, 1.807) is 39.3 Å². The van der Waals surface area contributed by atoms with E-state index in [0.717, 1.165) is 26.0 Å². The maximum Gasteiger partial charge on any atom is 0.420 e. The van der Waals surface area contributed by atoms with Gasteiger partial charge in [-0.3, -0.25) is 57.6 Å². The van der Waals surface area contributed by atoms with Crippen molar-refractivity contribution in [3.8, 4) is 0 Å². The minimum Gasteiger partial charge on any atom is -0.448 e. The predicted molar refractivity (Wildman–Crippen MR) is 350 cm³/mol. The Bertz CT molecular complexity index is 2830. The van der Waals surface area contributed by atoms with E-state index in [1.807, 2.05) is 67.5 Å². The fraction of sp³-hybridized carbons (Fsp3) is 0.781. The van der Waals surface area contributed by atoms with Gasteiger partial charge in [-0.05, 0) is 95.3 Å². The highest BCUT2D eigenvalue weighted by atomic mass is 32.2. The first-order valence-corrected chi connectivity index (χ1v) is 34.2. The molecule has 12 amide bonds. The van der Waals surface area contributed by atoms with Gasteiger partial charge in [0.25, 0.3) is 5.91 Å². The summed E-state index contributed by atoms with van der Waals surface area (Å²) in [5, 5.41) is 11.8. The molecule has 2 saturated heterocycles. The molecule has 2 aliphatic rings. The van der Waals surface area contributed by atoms with Crippen LogP contribution in [0.4, 0.5) is 4.79 Å². The summed E-state index contributed by atoms with van der Waals surface area (Å²) in [6, 6.07) is -14.6. The molecular formula is C64H112N12O16S. The largest absolute Gasteiger partial charge is 0.448 e. The summed E-state index contributed by atoms with van der Waals surface area (Å²) in [7, 11) is 4.09. The molecule has 2 aliphatic heterocycles. The number of hydrogen-bond donors (Lipinski definition) is 5. The molecule has 0 aromatic rings. The highest BCUT2D eigenvalue weighted by Gasteiger charge is 2.55. The van der Waals surface area contributed by atoms with Crippen LogP contribution >= 0.6 is 0 Å². The van der Waals surface area contributed by atoms with Gasteiger partial charge < -0.3 is 55.4 Å². The number of allylic oxidation sites excluding steroid dienone is 2. The van der Waals surface area contributed by atoms with Crippen LogP contribution in [0.3, 0.4) is 0 Å². The lowest BCUT2D eigenvalue weighted by Gasteiger charge is -2.50. The zero-order chi connectivity index (χ0) is 72.0. The number of sulfonamides is 1. The Morgan fingerprint density at radius 1 is 0.581 bits per heavy atom. The molecule has 0 saturated carbocycles. The quantitative estimate of drug-likeness (QED) is 0.139. The number of nitrogens with zero attached hydrogens (tertiary/aromatic N) is 7. The van der Waals surface area contributed by atoms with Crippen LogP contribution in [0.25, 0.3) is 0 Å². The van der Waals surface area contributed by atoms with Crippen LogP contribution in [-0.4, -0.2) is 242 Å². The first-order valence-electron chi connectivity index (χ1n) is 32.3. The number of rotatable bonds is 16. The number of likely N-dealkylation sites (N-methyl/N-ethyl adjacent to an activating group) is 6. The van der Waals surface area contributed by atoms with Crippen LogP contribution in [0, 0.1) is 40.9 Å². The molecule has 28 nitrogen and oxygen atoms in total. The third-order valence-corrected chi connectivity index (χ3v) is 17.8. The normalized spacial score (nSPS) is 27.5. The maximum atomic E-state index is 15.1. The summed E-state index contributed by atoms with van der Waals surface area (Å²) >= 11 is 0. The number of nitrogens with one attached hydrogen (secondary N) is 5. The minimum absolute atomic E-state index is 0.0277. The Hall–Kier alpha value is -6.91. The number of carbonyl (C=O) groups excluding carboxylic acids is 12. The topological polar surface area (TPSA) is 340 Å². The van der Waals surface area contributed by atoms with Crippen molar-refractivity contribution in [1.29, 1.82) is 0 Å². The molecule has 2 heterocycles. The molecule has 13 atom stereocenters. The third-order valence-electron chi connectivity index (χ3n) is 17.2. The predicted octanol–water partition coefficient (Wildman–Crippen LogP) is 2.65. The summed E-state index contributed by atoms with van der Waals surface area (Å²) in [6.45, 7) is 29.4. The van der Waals surface area contributed by atoms with Crippen molar-refractivity contribution < 1.29 is 75.5 Å². The molecule has 2 rings (SSSR count). The molecule has 1 unspecified atom stereocenters. The van der Waals surface area contributed by atoms with Crippen LogP contribution in [0.1, 0.15) is 157 Å². The van der Waals surface area contributed by atoms with Crippen molar-refractivity contribution in [1.82, 2.24) is 60.5 Å². The summed E-state index contributed by atoms with van der Waals surface area (Å²) in [5.74, 6) is -10.6. The highest BCUT2D eigenvalue weighted by Crippen LogP contribution is 2.34. The van der Waals surface area contributed by atoms with Gasteiger partial charge in [0.05, 0.1) is 6.26 Å². The number of carbonyl (C=O) groups is 12. The lowest BCUT2D eigenvalue weighted by Crippen LogP contribution is -2.72. The van der Waals surface area contributed by atoms with Crippen molar-refractivity contribution in [2.45, 2.75) is 229 Å². The molecule has 0 bridgehead atoms. The first-order chi connectivity index (χ1) is 42.7. The van der Waals surface area contributed by atoms with Gasteiger partial charge in [0.1, 0.15) is 73.1 Å². The molecule has 5 N–H and O–H groups in total. The molecule has 2 fully saturated rings. The maximum absolute atomic E-state index is 15.1. The smallest absolute Gasteiger partial charge is 0.420 e. The van der Waals surface area contributed by atoms with E-state index in [4.69, 9.17) is 9.57 Å². The molecule has 0 aromatic heterocycles. The van der Waals surface area contributed by atoms with Crippen molar-refractivity contribution in [2.24, 2.45) is 40.9 Å². The summed E-state index contributed by atoms with van der Waals surface area (Å²) in [4.78, 5) is 189. The Morgan fingerprint density at radius 2 is 1.06 bits per heavy atom. The second-order valence-electron chi connectivity index (χ2n) is 28.0. The van der Waals surface area contributed by atoms with E-state index in [9.17, 15) is 51.6 Å². The first kappa shape index (κ1) is 82.2. The summed E-state index contributed by atoms with van der Waals surface area (Å²) in [6.07, 6.45) is 2.82. The Morgan fingerprint density at radius 3 is 1.54 bits per heavy atom. The van der Waals surface area contributed by atoms with Crippen molar-refractivity contribution in [2.75, 3.05) is 55.1 Å². The Balaban J connectivity index is 3.06. The molecular weight excluding hydrogens is 1220 g/mol. The second-order valence-corrected chi connectivity index (χ2v) is 29.7. The van der Waals surface area contributed by atoms with Gasteiger partial charge in [-0.25, -0.2) is 23.0 Å². The van der Waals surface area contributed by atoms with E-state index in [2.05, 4.69) is 21.3 Å². The molecule has 0 aliphatic carbocycles. The van der Waals surface area contributed by atoms with Crippen LogP contribution < -0.4 is 26.0 Å². The van der Waals surface area contributed by atoms with Gasteiger partial charge >= 0.3 is 6.09 Å². The monoisotopic (exact) mass is 1340 g/mol. The van der Waals surface area contributed by atoms with E-state index >= 15 is 14.4 Å². The minimum atomic E-state index is -4.12. The number of hydrogen-bond acceptors (Lipinski definition) is 16. The molecule has 29 heteroatoms. The van der Waals surface area contributed by atoms with Gasteiger partial charge in [0.2, 0.25) is 69.1 Å². The lowest BCUT2D eigenvalue weighted by molar-refractivity contribution is -0.321. The van der Waals surface area contributed by atoms with Gasteiger partial charge in [0, 0.05) is 47.7 Å². The zero-order valence-electron chi connectivity index (χ0n) is 59.9. The van der Waals surface area contributed by atoms with E-state index in [-0.39, 0.29) is 49.4 Å². The molecule has 93 heavy (non-hydrogen) atoms. The summed E-state index contributed by atoms with van der Waals surface area (Å²) < 4.78 is 31.0. The fourth-order valence-corrected chi connectivity index (χ4v) is 12.0. The van der Waals surface area contributed by atoms with E-state index < -0.39 is 178 Å². The van der Waals surface area contributed by atoms with E-state index in [0.29, 0.717) is 6.42 Å². The number of fused-ring (bicyclic) bond motifs is 1. The number of amides is 12. The Labute approximate surface area is 552 Å². The SMILES string of the molecule is C/C=C/C[C@@H](C)C1ON2C(=O)[C@H](C(C)C)N(C)C(=O)[C@H](CC(C)C)N(C)C(=O)[C@@H](CC(C)C)N(C)C(=O)[C@@H](C)NC(=O)[C@H](C)NC(=O)[C@H](CC(C)C)N(C)C(=O)[C@H](C(C)C)NC(=O)[C@H](C(C)(C)COC(=O)NS(C)(=O)=O)N(C)C(=O)[C@@H](C)N(C)C(=O)[C@H](CC)NC(=O)[C@H]12. The van der Waals surface area contributed by atoms with Crippen LogP contribution in [-0.2, 0) is 72.3 Å². The number of hydroxylamine groups is 2. The average molecular weight is 1340 g/mol. The highest BCUT2D eigenvalue weighted by molar-refractivity contribution is 7.89. The van der Waals surface area contributed by atoms with Gasteiger partial charge in [0.15, 0.2) is 6.04 Å². The molecule has 0 radical (unpaired) electrons.